The lowest BCUT2D eigenvalue weighted by Crippen LogP contribution is -2.15. The largest absolute Gasteiger partial charge is 0.453 e. The first kappa shape index (κ1) is 17.8. The van der Waals surface area contributed by atoms with E-state index in [1.54, 1.807) is 12.1 Å². The van der Waals surface area contributed by atoms with Crippen molar-refractivity contribution in [3.05, 3.63) is 62.5 Å². The van der Waals surface area contributed by atoms with Gasteiger partial charge in [0.25, 0.3) is 0 Å². The Hall–Kier alpha value is -2.54. The number of hydrogen-bond donors (Lipinski definition) is 0. The molecule has 0 atom stereocenters. The summed E-state index contributed by atoms with van der Waals surface area (Å²) in [6.45, 7) is 5.82. The number of rotatable bonds is 5. The lowest BCUT2D eigenvalue weighted by Gasteiger charge is -2.18. The van der Waals surface area contributed by atoms with Crippen molar-refractivity contribution >= 4 is 28.1 Å². The van der Waals surface area contributed by atoms with Crippen LogP contribution in [0.1, 0.15) is 46.4 Å². The molecule has 0 bridgehead atoms. The molecular formula is C17H17NO5S. The predicted octanol–water partition coefficient (Wildman–Crippen LogP) is 3.99. The molecule has 0 unspecified atom stereocenters. The first-order valence-electron chi connectivity index (χ1n) is 7.23. The summed E-state index contributed by atoms with van der Waals surface area (Å²) in [5, 5.41) is 10.4. The molecule has 1 aromatic carbocycles. The van der Waals surface area contributed by atoms with Crippen LogP contribution < -0.4 is 0 Å². The molecule has 0 amide bonds. The third-order valence-electron chi connectivity index (χ3n) is 3.38. The molecule has 0 aliphatic carbocycles. The van der Waals surface area contributed by atoms with Crippen molar-refractivity contribution in [2.75, 3.05) is 6.61 Å². The molecule has 0 saturated heterocycles. The number of carbonyl (C=O) groups is 2. The molecule has 126 valence electrons. The average Bonchev–Trinajstić information content (AvgIpc) is 3.02. The minimum absolute atomic E-state index is 0.0120. The Morgan fingerprint density at radius 3 is 2.25 bits per heavy atom. The number of ether oxygens (including phenoxy) is 1. The number of nitrogens with zero attached hydrogens (tertiary/aromatic N) is 1. The van der Waals surface area contributed by atoms with Crippen molar-refractivity contribution < 1.29 is 19.2 Å². The van der Waals surface area contributed by atoms with E-state index in [4.69, 9.17) is 4.74 Å². The van der Waals surface area contributed by atoms with Crippen molar-refractivity contribution in [2.24, 2.45) is 0 Å². The Bertz CT molecular complexity index is 771. The Morgan fingerprint density at radius 1 is 1.12 bits per heavy atom. The van der Waals surface area contributed by atoms with Crippen LogP contribution in [-0.4, -0.2) is 23.3 Å². The normalized spacial score (nSPS) is 11.1. The van der Waals surface area contributed by atoms with Gasteiger partial charge in [-0.1, -0.05) is 56.4 Å². The van der Waals surface area contributed by atoms with Crippen LogP contribution in [0.5, 0.6) is 0 Å². The van der Waals surface area contributed by atoms with E-state index in [1.807, 2.05) is 12.1 Å². The number of Topliss-reactive ketones (excluding diaryl/α,β-unsaturated/α-hetero) is 1. The van der Waals surface area contributed by atoms with E-state index in [0.717, 1.165) is 5.56 Å². The first-order chi connectivity index (χ1) is 11.2. The second kappa shape index (κ2) is 6.92. The Morgan fingerprint density at radius 2 is 1.75 bits per heavy atom. The molecule has 0 spiro atoms. The van der Waals surface area contributed by atoms with E-state index >= 15 is 0 Å². The topological polar surface area (TPSA) is 86.5 Å². The smallest absolute Gasteiger partial charge is 0.349 e. The van der Waals surface area contributed by atoms with Crippen molar-refractivity contribution in [2.45, 2.75) is 26.2 Å². The summed E-state index contributed by atoms with van der Waals surface area (Å²) in [6.07, 6.45) is 0. The summed E-state index contributed by atoms with van der Waals surface area (Å²) in [5.74, 6) is -1.07. The van der Waals surface area contributed by atoms with E-state index in [1.165, 1.54) is 12.1 Å². The second-order valence-corrected chi connectivity index (χ2v) is 7.28. The Kier molecular flexibility index (Phi) is 5.14. The Labute approximate surface area is 143 Å². The maximum Gasteiger partial charge on any atom is 0.349 e. The third kappa shape index (κ3) is 4.26. The highest BCUT2D eigenvalue weighted by Gasteiger charge is 2.18. The number of hydrogen-bond acceptors (Lipinski definition) is 6. The van der Waals surface area contributed by atoms with Crippen LogP contribution in [0.15, 0.2) is 36.4 Å². The summed E-state index contributed by atoms with van der Waals surface area (Å²) in [6, 6.07) is 9.69. The van der Waals surface area contributed by atoms with Gasteiger partial charge in [-0.25, -0.2) is 4.79 Å². The number of benzene rings is 1. The van der Waals surface area contributed by atoms with Crippen LogP contribution in [0.4, 0.5) is 5.00 Å². The highest BCUT2D eigenvalue weighted by molar-refractivity contribution is 7.17. The van der Waals surface area contributed by atoms with Gasteiger partial charge in [-0.2, -0.15) is 0 Å². The van der Waals surface area contributed by atoms with Crippen molar-refractivity contribution in [3.63, 3.8) is 0 Å². The summed E-state index contributed by atoms with van der Waals surface area (Å²) in [7, 11) is 0. The minimum atomic E-state index is -0.743. The van der Waals surface area contributed by atoms with Gasteiger partial charge in [-0.15, -0.1) is 0 Å². The SMILES string of the molecule is CC(C)(C)c1ccc(C(=O)COC(=O)c2ccc([N+](=O)[O-])s2)cc1. The summed E-state index contributed by atoms with van der Waals surface area (Å²) < 4.78 is 4.93. The highest BCUT2D eigenvalue weighted by Crippen LogP contribution is 2.25. The number of ketones is 1. The molecule has 1 aromatic heterocycles. The molecular weight excluding hydrogens is 330 g/mol. The van der Waals surface area contributed by atoms with Gasteiger partial charge in [-0.05, 0) is 17.0 Å². The number of thiophene rings is 1. The van der Waals surface area contributed by atoms with Gasteiger partial charge >= 0.3 is 11.0 Å². The molecule has 0 N–H and O–H groups in total. The molecule has 7 heteroatoms. The molecule has 0 fully saturated rings. The predicted molar refractivity (Wildman–Crippen MR) is 90.7 cm³/mol. The van der Waals surface area contributed by atoms with Crippen LogP contribution in [0.3, 0.4) is 0 Å². The van der Waals surface area contributed by atoms with Gasteiger partial charge in [0.1, 0.15) is 4.88 Å². The lowest BCUT2D eigenvalue weighted by atomic mass is 9.86. The molecule has 0 aliphatic heterocycles. The standard InChI is InChI=1S/C17H17NO5S/c1-17(2,3)12-6-4-11(5-7-12)13(19)10-23-16(20)14-8-9-15(24-14)18(21)22/h4-9H,10H2,1-3H3. The zero-order valence-electron chi connectivity index (χ0n) is 13.6. The third-order valence-corrected chi connectivity index (χ3v) is 4.40. The van der Waals surface area contributed by atoms with E-state index < -0.39 is 17.5 Å². The molecule has 0 radical (unpaired) electrons. The zero-order chi connectivity index (χ0) is 17.9. The number of nitro groups is 1. The van der Waals surface area contributed by atoms with Crippen LogP contribution in [0.25, 0.3) is 0 Å². The first-order valence-corrected chi connectivity index (χ1v) is 8.05. The van der Waals surface area contributed by atoms with Gasteiger partial charge in [0, 0.05) is 11.6 Å². The highest BCUT2D eigenvalue weighted by atomic mass is 32.1. The van der Waals surface area contributed by atoms with Crippen LogP contribution in [0.2, 0.25) is 0 Å². The van der Waals surface area contributed by atoms with Crippen molar-refractivity contribution in [3.8, 4) is 0 Å². The van der Waals surface area contributed by atoms with E-state index in [-0.39, 0.29) is 21.1 Å². The second-order valence-electron chi connectivity index (χ2n) is 6.22. The molecule has 2 rings (SSSR count). The van der Waals surface area contributed by atoms with Gasteiger partial charge in [0.15, 0.2) is 12.4 Å². The fourth-order valence-electron chi connectivity index (χ4n) is 1.98. The lowest BCUT2D eigenvalue weighted by molar-refractivity contribution is -0.380. The molecule has 1 heterocycles. The van der Waals surface area contributed by atoms with Gasteiger partial charge in [0.2, 0.25) is 0 Å². The molecule has 6 nitrogen and oxygen atoms in total. The number of carbonyl (C=O) groups excluding carboxylic acids is 2. The van der Waals surface area contributed by atoms with Crippen molar-refractivity contribution in [1.29, 1.82) is 0 Å². The molecule has 2 aromatic rings. The molecule has 0 aliphatic rings. The fraction of sp³-hybridized carbons (Fsp3) is 0.294. The maximum atomic E-state index is 12.1. The molecule has 24 heavy (non-hydrogen) atoms. The van der Waals surface area contributed by atoms with Crippen LogP contribution >= 0.6 is 11.3 Å². The van der Waals surface area contributed by atoms with E-state index in [0.29, 0.717) is 16.9 Å². The minimum Gasteiger partial charge on any atom is -0.453 e. The Balaban J connectivity index is 1.97. The number of esters is 1. The van der Waals surface area contributed by atoms with Crippen molar-refractivity contribution in [1.82, 2.24) is 0 Å². The van der Waals surface area contributed by atoms with Crippen LogP contribution in [-0.2, 0) is 10.2 Å². The summed E-state index contributed by atoms with van der Waals surface area (Å²) in [5.41, 5.74) is 1.54. The van der Waals surface area contributed by atoms with Gasteiger partial charge in [0.05, 0.1) is 4.92 Å². The summed E-state index contributed by atoms with van der Waals surface area (Å²) >= 11 is 0.716. The summed E-state index contributed by atoms with van der Waals surface area (Å²) in [4.78, 5) is 34.0. The van der Waals surface area contributed by atoms with Gasteiger partial charge in [-0.3, -0.25) is 14.9 Å². The quantitative estimate of drug-likeness (QED) is 0.353. The van der Waals surface area contributed by atoms with Crippen LogP contribution in [0, 0.1) is 10.1 Å². The zero-order valence-corrected chi connectivity index (χ0v) is 14.4. The van der Waals surface area contributed by atoms with E-state index in [2.05, 4.69) is 20.8 Å². The van der Waals surface area contributed by atoms with Gasteiger partial charge < -0.3 is 4.74 Å². The monoisotopic (exact) mass is 347 g/mol. The molecule has 0 saturated carbocycles. The maximum absolute atomic E-state index is 12.1. The van der Waals surface area contributed by atoms with E-state index in [9.17, 15) is 19.7 Å². The average molecular weight is 347 g/mol. The fourth-order valence-corrected chi connectivity index (χ4v) is 2.69.